The molecule has 108 valence electrons. The summed E-state index contributed by atoms with van der Waals surface area (Å²) in [7, 11) is 0. The Kier molecular flexibility index (Phi) is 4.39. The third kappa shape index (κ3) is 2.67. The number of nitrogens with two attached hydrogens (primary N) is 1. The van der Waals surface area contributed by atoms with E-state index in [0.29, 0.717) is 29.9 Å². The fourth-order valence-electron chi connectivity index (χ4n) is 2.37. The quantitative estimate of drug-likeness (QED) is 0.824. The molecule has 0 radical (unpaired) electrons. The van der Waals surface area contributed by atoms with Crippen molar-refractivity contribution in [2.45, 2.75) is 26.3 Å². The van der Waals surface area contributed by atoms with E-state index in [9.17, 15) is 4.39 Å². The van der Waals surface area contributed by atoms with E-state index in [1.54, 1.807) is 12.3 Å². The molecule has 0 bridgehead atoms. The lowest BCUT2D eigenvalue weighted by atomic mass is 10.1. The Morgan fingerprint density at radius 2 is 2.20 bits per heavy atom. The Bertz CT molecular complexity index is 601. The molecule has 0 fully saturated rings. The fourth-order valence-corrected chi connectivity index (χ4v) is 2.37. The van der Waals surface area contributed by atoms with Crippen molar-refractivity contribution in [3.8, 4) is 0 Å². The van der Waals surface area contributed by atoms with Gasteiger partial charge in [-0.15, -0.1) is 0 Å². The van der Waals surface area contributed by atoms with E-state index in [2.05, 4.69) is 4.98 Å². The Labute approximate surface area is 118 Å². The number of nitrogen functional groups attached to an aromatic ring is 1. The van der Waals surface area contributed by atoms with Crippen molar-refractivity contribution in [2.24, 2.45) is 0 Å². The molecular formula is C15H20FN3O. The second-order valence-electron chi connectivity index (χ2n) is 5.06. The number of nitrogens with zero attached hydrogens (tertiary/aromatic N) is 2. The Morgan fingerprint density at radius 1 is 1.45 bits per heavy atom. The standard InChI is InChI=1S/C15H20FN3O/c1-10(2)19(7-4-8-20)15-12(16)9-13(17)11-5-3-6-18-14(11)15/h3,5-6,9-10,20H,4,7-8,17H2,1-2H3. The van der Waals surface area contributed by atoms with Gasteiger partial charge >= 0.3 is 0 Å². The van der Waals surface area contributed by atoms with Crippen molar-refractivity contribution in [3.63, 3.8) is 0 Å². The summed E-state index contributed by atoms with van der Waals surface area (Å²) in [6.07, 6.45) is 2.21. The highest BCUT2D eigenvalue weighted by Gasteiger charge is 2.20. The van der Waals surface area contributed by atoms with Crippen LogP contribution in [0.4, 0.5) is 15.8 Å². The van der Waals surface area contributed by atoms with Crippen LogP contribution < -0.4 is 10.6 Å². The van der Waals surface area contributed by atoms with E-state index < -0.39 is 0 Å². The molecule has 3 N–H and O–H groups in total. The maximum Gasteiger partial charge on any atom is 0.150 e. The molecule has 0 spiro atoms. The summed E-state index contributed by atoms with van der Waals surface area (Å²) in [5, 5.41) is 9.76. The van der Waals surface area contributed by atoms with Gasteiger partial charge in [0.15, 0.2) is 5.82 Å². The minimum atomic E-state index is -0.375. The number of aromatic nitrogens is 1. The second-order valence-corrected chi connectivity index (χ2v) is 5.06. The van der Waals surface area contributed by atoms with Crippen molar-refractivity contribution < 1.29 is 9.50 Å². The zero-order valence-corrected chi connectivity index (χ0v) is 11.8. The highest BCUT2D eigenvalue weighted by molar-refractivity contribution is 5.99. The van der Waals surface area contributed by atoms with Gasteiger partial charge in [0.25, 0.3) is 0 Å². The van der Waals surface area contributed by atoms with Crippen LogP contribution >= 0.6 is 0 Å². The van der Waals surface area contributed by atoms with Gasteiger partial charge in [-0.2, -0.15) is 0 Å². The average molecular weight is 277 g/mol. The third-order valence-electron chi connectivity index (χ3n) is 3.32. The molecule has 2 aromatic rings. The molecule has 0 saturated carbocycles. The van der Waals surface area contributed by atoms with Crippen molar-refractivity contribution in [1.82, 2.24) is 4.98 Å². The van der Waals surface area contributed by atoms with Gasteiger partial charge in [-0.1, -0.05) is 0 Å². The molecule has 1 aromatic heterocycles. The van der Waals surface area contributed by atoms with Gasteiger partial charge in [0.1, 0.15) is 5.69 Å². The summed E-state index contributed by atoms with van der Waals surface area (Å²) in [5.74, 6) is -0.375. The zero-order chi connectivity index (χ0) is 14.7. The van der Waals surface area contributed by atoms with E-state index in [1.165, 1.54) is 6.07 Å². The second kappa shape index (κ2) is 6.05. The summed E-state index contributed by atoms with van der Waals surface area (Å²) in [6, 6.07) is 5.07. The van der Waals surface area contributed by atoms with Crippen LogP contribution in [0, 0.1) is 5.82 Å². The Morgan fingerprint density at radius 3 is 2.85 bits per heavy atom. The number of pyridine rings is 1. The van der Waals surface area contributed by atoms with Crippen molar-refractivity contribution >= 4 is 22.3 Å². The predicted octanol–water partition coefficient (Wildman–Crippen LogP) is 2.55. The summed E-state index contributed by atoms with van der Waals surface area (Å²) >= 11 is 0. The first-order valence-corrected chi connectivity index (χ1v) is 6.76. The van der Waals surface area contributed by atoms with Gasteiger partial charge < -0.3 is 15.7 Å². The predicted molar refractivity (Wildman–Crippen MR) is 80.3 cm³/mol. The molecule has 0 amide bonds. The topological polar surface area (TPSA) is 62.4 Å². The highest BCUT2D eigenvalue weighted by atomic mass is 19.1. The van der Waals surface area contributed by atoms with Gasteiger partial charge in [-0.3, -0.25) is 4.98 Å². The maximum absolute atomic E-state index is 14.4. The number of benzene rings is 1. The molecular weight excluding hydrogens is 257 g/mol. The molecule has 2 rings (SSSR count). The number of halogens is 1. The number of aliphatic hydroxyl groups is 1. The molecule has 1 heterocycles. The van der Waals surface area contributed by atoms with Crippen molar-refractivity contribution in [2.75, 3.05) is 23.8 Å². The number of aliphatic hydroxyl groups excluding tert-OH is 1. The van der Waals surface area contributed by atoms with Crippen molar-refractivity contribution in [3.05, 3.63) is 30.2 Å². The number of fused-ring (bicyclic) bond motifs is 1. The normalized spacial score (nSPS) is 11.2. The van der Waals surface area contributed by atoms with Crippen LogP contribution in [-0.4, -0.2) is 29.3 Å². The molecule has 0 unspecified atom stereocenters. The summed E-state index contributed by atoms with van der Waals surface area (Å²) in [6.45, 7) is 4.62. The molecule has 0 atom stereocenters. The first kappa shape index (κ1) is 14.5. The maximum atomic E-state index is 14.4. The summed E-state index contributed by atoms with van der Waals surface area (Å²) in [5.41, 5.74) is 7.28. The lowest BCUT2D eigenvalue weighted by Crippen LogP contribution is -2.33. The smallest absolute Gasteiger partial charge is 0.150 e. The number of rotatable bonds is 5. The van der Waals surface area contributed by atoms with Gasteiger partial charge in [0.2, 0.25) is 0 Å². The van der Waals surface area contributed by atoms with Crippen LogP contribution in [0.15, 0.2) is 24.4 Å². The zero-order valence-electron chi connectivity index (χ0n) is 11.8. The van der Waals surface area contributed by atoms with Crippen LogP contribution in [0.3, 0.4) is 0 Å². The van der Waals surface area contributed by atoms with Gasteiger partial charge in [0.05, 0.1) is 5.52 Å². The fraction of sp³-hybridized carbons (Fsp3) is 0.400. The summed E-state index contributed by atoms with van der Waals surface area (Å²) in [4.78, 5) is 6.21. The van der Waals surface area contributed by atoms with E-state index in [4.69, 9.17) is 10.8 Å². The molecule has 4 nitrogen and oxygen atoms in total. The molecule has 0 aliphatic carbocycles. The van der Waals surface area contributed by atoms with E-state index in [0.717, 1.165) is 5.39 Å². The van der Waals surface area contributed by atoms with Crippen LogP contribution in [0.1, 0.15) is 20.3 Å². The van der Waals surface area contributed by atoms with Gasteiger partial charge in [-0.25, -0.2) is 4.39 Å². The third-order valence-corrected chi connectivity index (χ3v) is 3.32. The van der Waals surface area contributed by atoms with E-state index in [1.807, 2.05) is 24.8 Å². The first-order valence-electron chi connectivity index (χ1n) is 6.76. The largest absolute Gasteiger partial charge is 0.398 e. The van der Waals surface area contributed by atoms with Crippen LogP contribution in [-0.2, 0) is 0 Å². The number of anilines is 2. The van der Waals surface area contributed by atoms with Gasteiger partial charge in [0, 0.05) is 36.5 Å². The SMILES string of the molecule is CC(C)N(CCCO)c1c(F)cc(N)c2cccnc12. The minimum absolute atomic E-state index is 0.0746. The molecule has 0 aliphatic rings. The van der Waals surface area contributed by atoms with Crippen LogP contribution in [0.2, 0.25) is 0 Å². The Balaban J connectivity index is 2.61. The molecule has 5 heteroatoms. The van der Waals surface area contributed by atoms with Crippen molar-refractivity contribution in [1.29, 1.82) is 0 Å². The highest BCUT2D eigenvalue weighted by Crippen LogP contribution is 2.33. The number of hydrogen-bond acceptors (Lipinski definition) is 4. The molecule has 20 heavy (non-hydrogen) atoms. The van der Waals surface area contributed by atoms with Gasteiger partial charge in [-0.05, 0) is 38.5 Å². The van der Waals surface area contributed by atoms with Crippen LogP contribution in [0.5, 0.6) is 0 Å². The summed E-state index contributed by atoms with van der Waals surface area (Å²) < 4.78 is 14.4. The monoisotopic (exact) mass is 277 g/mol. The number of hydrogen-bond donors (Lipinski definition) is 2. The first-order chi connectivity index (χ1) is 9.56. The lowest BCUT2D eigenvalue weighted by molar-refractivity contribution is 0.288. The molecule has 0 saturated heterocycles. The van der Waals surface area contributed by atoms with E-state index >= 15 is 0 Å². The molecule has 1 aromatic carbocycles. The minimum Gasteiger partial charge on any atom is -0.398 e. The Hall–Kier alpha value is -1.88. The lowest BCUT2D eigenvalue weighted by Gasteiger charge is -2.30. The van der Waals surface area contributed by atoms with E-state index in [-0.39, 0.29) is 18.5 Å². The molecule has 0 aliphatic heterocycles. The van der Waals surface area contributed by atoms with Crippen LogP contribution in [0.25, 0.3) is 10.9 Å². The average Bonchev–Trinajstić information content (AvgIpc) is 2.42.